The van der Waals surface area contributed by atoms with Gasteiger partial charge in [0.2, 0.25) is 0 Å². The molecule has 0 unspecified atom stereocenters. The highest BCUT2D eigenvalue weighted by Gasteiger charge is 2.15. The minimum atomic E-state index is -0.601. The van der Waals surface area contributed by atoms with Crippen LogP contribution < -0.4 is 11.2 Å². The Bertz CT molecular complexity index is 142. The summed E-state index contributed by atoms with van der Waals surface area (Å²) >= 11 is 0. The maximum Gasteiger partial charge on any atom is 0.431 e. The van der Waals surface area contributed by atoms with Crippen molar-refractivity contribution in [2.24, 2.45) is 5.73 Å². The van der Waals surface area contributed by atoms with Crippen LogP contribution in [0.4, 0.5) is 4.79 Å². The van der Waals surface area contributed by atoms with E-state index < -0.39 is 11.7 Å². The van der Waals surface area contributed by atoms with Gasteiger partial charge in [-0.1, -0.05) is 0 Å². The lowest BCUT2D eigenvalue weighted by molar-refractivity contribution is -0.00546. The van der Waals surface area contributed by atoms with Crippen LogP contribution in [0.3, 0.4) is 0 Å². The van der Waals surface area contributed by atoms with Crippen LogP contribution in [0.15, 0.2) is 0 Å². The van der Waals surface area contributed by atoms with Crippen LogP contribution in [0.25, 0.3) is 0 Å². The van der Waals surface area contributed by atoms with Crippen molar-refractivity contribution in [3.05, 3.63) is 0 Å². The maximum absolute atomic E-state index is 10.8. The summed E-state index contributed by atoms with van der Waals surface area (Å²) in [6.07, 6.45) is -0.601. The van der Waals surface area contributed by atoms with Crippen LogP contribution in [0.1, 0.15) is 20.8 Å². The Labute approximate surface area is 72.2 Å². The average molecular weight is 176 g/mol. The minimum Gasteiger partial charge on any atom is -0.442 e. The topological polar surface area (TPSA) is 73.6 Å². The van der Waals surface area contributed by atoms with Gasteiger partial charge in [-0.3, -0.25) is 4.84 Å². The van der Waals surface area contributed by atoms with E-state index in [0.717, 1.165) is 0 Å². The Morgan fingerprint density at radius 2 is 2.08 bits per heavy atom. The summed E-state index contributed by atoms with van der Waals surface area (Å²) in [5.74, 6) is 0. The Morgan fingerprint density at radius 3 is 2.50 bits per heavy atom. The van der Waals surface area contributed by atoms with Gasteiger partial charge in [0.1, 0.15) is 5.60 Å². The van der Waals surface area contributed by atoms with E-state index in [1.54, 1.807) is 20.8 Å². The maximum atomic E-state index is 10.8. The molecule has 0 aromatic carbocycles. The lowest BCUT2D eigenvalue weighted by Gasteiger charge is -2.19. The fourth-order valence-electron chi connectivity index (χ4n) is 0.468. The van der Waals surface area contributed by atoms with Crippen LogP contribution in [0.5, 0.6) is 0 Å². The first-order valence-electron chi connectivity index (χ1n) is 3.76. The molecule has 12 heavy (non-hydrogen) atoms. The number of nitrogens with one attached hydrogen (secondary N) is 1. The molecule has 0 aromatic rings. The normalized spacial score (nSPS) is 11.0. The molecule has 5 nitrogen and oxygen atoms in total. The van der Waals surface area contributed by atoms with E-state index in [4.69, 9.17) is 10.5 Å². The zero-order valence-electron chi connectivity index (χ0n) is 7.72. The van der Waals surface area contributed by atoms with Crippen LogP contribution in [0, 0.1) is 0 Å². The monoisotopic (exact) mass is 176 g/mol. The molecular formula is C7H16N2O3. The smallest absolute Gasteiger partial charge is 0.431 e. The molecular weight excluding hydrogens is 160 g/mol. The van der Waals surface area contributed by atoms with Gasteiger partial charge in [0, 0.05) is 6.54 Å². The molecule has 0 saturated heterocycles. The number of hydroxylamine groups is 1. The van der Waals surface area contributed by atoms with Gasteiger partial charge in [-0.2, -0.15) is 5.48 Å². The number of amides is 1. The summed E-state index contributed by atoms with van der Waals surface area (Å²) < 4.78 is 4.87. The van der Waals surface area contributed by atoms with Crippen LogP contribution in [-0.2, 0) is 9.57 Å². The number of nitrogens with two attached hydrogens (primary N) is 1. The Morgan fingerprint density at radius 1 is 1.50 bits per heavy atom. The second-order valence-corrected chi connectivity index (χ2v) is 3.24. The van der Waals surface area contributed by atoms with E-state index in [-0.39, 0.29) is 6.61 Å². The average Bonchev–Trinajstić information content (AvgIpc) is 1.84. The van der Waals surface area contributed by atoms with Gasteiger partial charge in [-0.15, -0.1) is 0 Å². The van der Waals surface area contributed by atoms with Gasteiger partial charge in [0.25, 0.3) is 0 Å². The number of carbonyl (C=O) groups is 1. The molecule has 3 N–H and O–H groups in total. The first-order chi connectivity index (χ1) is 5.45. The lowest BCUT2D eigenvalue weighted by Crippen LogP contribution is -2.33. The van der Waals surface area contributed by atoms with Crippen LogP contribution in [0.2, 0.25) is 0 Å². The Balaban J connectivity index is 3.47. The quantitative estimate of drug-likeness (QED) is 0.482. The van der Waals surface area contributed by atoms with Crippen LogP contribution in [-0.4, -0.2) is 24.8 Å². The number of rotatable bonds is 3. The van der Waals surface area contributed by atoms with E-state index in [2.05, 4.69) is 10.3 Å². The molecule has 0 fully saturated rings. The van der Waals surface area contributed by atoms with Crippen molar-refractivity contribution in [1.82, 2.24) is 5.48 Å². The third-order valence-electron chi connectivity index (χ3n) is 0.774. The molecule has 0 bridgehead atoms. The summed E-state index contributed by atoms with van der Waals surface area (Å²) in [6, 6.07) is 0. The predicted octanol–water partition coefficient (Wildman–Crippen LogP) is 0.401. The highest BCUT2D eigenvalue weighted by Crippen LogP contribution is 2.05. The molecule has 72 valence electrons. The summed E-state index contributed by atoms with van der Waals surface area (Å²) in [4.78, 5) is 15.5. The molecule has 0 saturated carbocycles. The van der Waals surface area contributed by atoms with E-state index >= 15 is 0 Å². The van der Waals surface area contributed by atoms with Gasteiger partial charge in [0.15, 0.2) is 0 Å². The van der Waals surface area contributed by atoms with Gasteiger partial charge in [-0.05, 0) is 20.8 Å². The number of hydrogen-bond donors (Lipinski definition) is 2. The predicted molar refractivity (Wildman–Crippen MR) is 44.4 cm³/mol. The van der Waals surface area contributed by atoms with E-state index in [9.17, 15) is 4.79 Å². The van der Waals surface area contributed by atoms with Gasteiger partial charge in [0.05, 0.1) is 6.61 Å². The zero-order valence-corrected chi connectivity index (χ0v) is 7.72. The number of carbonyl (C=O) groups excluding carboxylic acids is 1. The van der Waals surface area contributed by atoms with Crippen molar-refractivity contribution in [3.63, 3.8) is 0 Å². The third kappa shape index (κ3) is 7.30. The van der Waals surface area contributed by atoms with Crippen molar-refractivity contribution in [2.75, 3.05) is 13.2 Å². The Kier molecular flexibility index (Phi) is 4.61. The summed E-state index contributed by atoms with van der Waals surface area (Å²) in [7, 11) is 0. The largest absolute Gasteiger partial charge is 0.442 e. The fraction of sp³-hybridized carbons (Fsp3) is 0.857. The summed E-state index contributed by atoms with van der Waals surface area (Å²) in [5, 5.41) is 0. The van der Waals surface area contributed by atoms with E-state index in [1.165, 1.54) is 0 Å². The SMILES string of the molecule is CC(C)(C)OC(=O)NOCCN. The molecule has 1 amide bonds. The van der Waals surface area contributed by atoms with Gasteiger partial charge < -0.3 is 10.5 Å². The van der Waals surface area contributed by atoms with Crippen molar-refractivity contribution < 1.29 is 14.4 Å². The first-order valence-corrected chi connectivity index (χ1v) is 3.76. The fourth-order valence-corrected chi connectivity index (χ4v) is 0.468. The number of hydrogen-bond acceptors (Lipinski definition) is 4. The lowest BCUT2D eigenvalue weighted by atomic mass is 10.2. The molecule has 0 aliphatic heterocycles. The highest BCUT2D eigenvalue weighted by atomic mass is 16.7. The molecule has 0 spiro atoms. The van der Waals surface area contributed by atoms with Crippen molar-refractivity contribution in [3.8, 4) is 0 Å². The Hall–Kier alpha value is -0.810. The first kappa shape index (κ1) is 11.2. The molecule has 0 aromatic heterocycles. The van der Waals surface area contributed by atoms with Crippen molar-refractivity contribution in [1.29, 1.82) is 0 Å². The summed E-state index contributed by atoms with van der Waals surface area (Å²) in [5.41, 5.74) is 6.72. The molecule has 0 atom stereocenters. The zero-order chi connectivity index (χ0) is 9.61. The molecule has 0 heterocycles. The minimum absolute atomic E-state index is 0.277. The summed E-state index contributed by atoms with van der Waals surface area (Å²) in [6.45, 7) is 5.95. The van der Waals surface area contributed by atoms with Gasteiger partial charge >= 0.3 is 6.09 Å². The van der Waals surface area contributed by atoms with Crippen molar-refractivity contribution >= 4 is 6.09 Å². The van der Waals surface area contributed by atoms with Gasteiger partial charge in [-0.25, -0.2) is 4.79 Å². The third-order valence-corrected chi connectivity index (χ3v) is 0.774. The molecule has 5 heteroatoms. The van der Waals surface area contributed by atoms with E-state index in [0.29, 0.717) is 6.54 Å². The van der Waals surface area contributed by atoms with Crippen LogP contribution >= 0.6 is 0 Å². The second-order valence-electron chi connectivity index (χ2n) is 3.24. The van der Waals surface area contributed by atoms with Crippen molar-refractivity contribution in [2.45, 2.75) is 26.4 Å². The molecule has 0 aliphatic rings. The second kappa shape index (κ2) is 4.95. The molecule has 0 aliphatic carbocycles. The number of ether oxygens (including phenoxy) is 1. The van der Waals surface area contributed by atoms with E-state index in [1.807, 2.05) is 0 Å². The molecule has 0 radical (unpaired) electrons. The highest BCUT2D eigenvalue weighted by molar-refractivity contribution is 5.66. The standard InChI is InChI=1S/C7H16N2O3/c1-7(2,3)12-6(10)9-11-5-4-8/h4-5,8H2,1-3H3,(H,9,10). The molecule has 0 rings (SSSR count).